The van der Waals surface area contributed by atoms with E-state index in [9.17, 15) is 9.90 Å². The Labute approximate surface area is 265 Å². The first-order valence-corrected chi connectivity index (χ1v) is 16.5. The molecule has 1 aromatic heterocycles. The van der Waals surface area contributed by atoms with Gasteiger partial charge in [-0.2, -0.15) is 0 Å². The fourth-order valence-electron chi connectivity index (χ4n) is 5.38. The van der Waals surface area contributed by atoms with Crippen LogP contribution in [0.2, 0.25) is 0 Å². The number of hydrogen-bond donors (Lipinski definition) is 2. The predicted octanol–water partition coefficient (Wildman–Crippen LogP) is 9.23. The topological polar surface area (TPSA) is 88.5 Å². The van der Waals surface area contributed by atoms with E-state index < -0.39 is 5.97 Å². The molecule has 0 amide bonds. The van der Waals surface area contributed by atoms with Gasteiger partial charge in [-0.3, -0.25) is 9.69 Å². The molecule has 0 unspecified atom stereocenters. The van der Waals surface area contributed by atoms with E-state index in [4.69, 9.17) is 19.3 Å². The number of fused-ring (bicyclic) bond motifs is 1. The maximum absolute atomic E-state index is 10.5. The van der Waals surface area contributed by atoms with Gasteiger partial charge in [-0.05, 0) is 111 Å². The highest BCUT2D eigenvalue weighted by molar-refractivity contribution is 7.22. The number of nitrogens with zero attached hydrogens (tertiary/aromatic N) is 1. The molecule has 7 nitrogen and oxygen atoms in total. The van der Waals surface area contributed by atoms with Crippen LogP contribution in [0.25, 0.3) is 20.5 Å². The van der Waals surface area contributed by atoms with Crippen LogP contribution in [-0.2, 0) is 4.79 Å². The third kappa shape index (κ3) is 9.37. The van der Waals surface area contributed by atoms with E-state index in [1.165, 1.54) is 32.4 Å². The van der Waals surface area contributed by atoms with Crippen molar-refractivity contribution in [2.24, 2.45) is 5.92 Å². The molecule has 1 fully saturated rings. The van der Waals surface area contributed by atoms with Crippen molar-refractivity contribution in [3.8, 4) is 39.2 Å². The molecule has 236 valence electrons. The Balaban J connectivity index is 0.000000382. The number of phenols is 1. The third-order valence-corrected chi connectivity index (χ3v) is 8.96. The van der Waals surface area contributed by atoms with E-state index in [1.54, 1.807) is 30.6 Å². The number of methoxy groups -OCH3 is 1. The summed E-state index contributed by atoms with van der Waals surface area (Å²) >= 11 is 1.60. The third-order valence-electron chi connectivity index (χ3n) is 7.77. The molecular formula is C36H45NO6S. The van der Waals surface area contributed by atoms with Gasteiger partial charge in [0.05, 0.1) is 17.9 Å². The van der Waals surface area contributed by atoms with Crippen LogP contribution in [0, 0.1) is 5.92 Å². The van der Waals surface area contributed by atoms with Gasteiger partial charge >= 0.3 is 5.97 Å². The van der Waals surface area contributed by atoms with Crippen molar-refractivity contribution in [2.45, 2.75) is 58.8 Å². The molecule has 3 aromatic carbocycles. The Morgan fingerprint density at radius 3 is 2.14 bits per heavy atom. The van der Waals surface area contributed by atoms with E-state index in [-0.39, 0.29) is 11.7 Å². The smallest absolute Gasteiger partial charge is 0.306 e. The number of hydrogen-bond acceptors (Lipinski definition) is 7. The summed E-state index contributed by atoms with van der Waals surface area (Å²) in [6, 6.07) is 21.1. The minimum Gasteiger partial charge on any atom is -0.508 e. The lowest BCUT2D eigenvalue weighted by Crippen LogP contribution is -2.33. The second-order valence-corrected chi connectivity index (χ2v) is 12.2. The molecule has 0 bridgehead atoms. The molecule has 0 spiro atoms. The van der Waals surface area contributed by atoms with E-state index in [2.05, 4.69) is 4.90 Å². The molecule has 5 rings (SSSR count). The second kappa shape index (κ2) is 16.9. The fraction of sp³-hybridized carbons (Fsp3) is 0.417. The molecule has 0 saturated carbocycles. The van der Waals surface area contributed by atoms with Gasteiger partial charge in [0.2, 0.25) is 0 Å². The molecule has 4 aromatic rings. The molecule has 2 N–H and O–H groups in total. The summed E-state index contributed by atoms with van der Waals surface area (Å²) in [7, 11) is 1.66. The zero-order valence-corrected chi connectivity index (χ0v) is 26.9. The fourth-order valence-corrected chi connectivity index (χ4v) is 6.55. The van der Waals surface area contributed by atoms with Crippen LogP contribution < -0.4 is 14.2 Å². The number of carboxylic acids is 1. The summed E-state index contributed by atoms with van der Waals surface area (Å²) in [5.41, 5.74) is 1.04. The minimum absolute atomic E-state index is 0.102. The van der Waals surface area contributed by atoms with Crippen molar-refractivity contribution in [3.63, 3.8) is 0 Å². The summed E-state index contributed by atoms with van der Waals surface area (Å²) in [5.74, 6) is 2.68. The summed E-state index contributed by atoms with van der Waals surface area (Å²) in [4.78, 5) is 14.0. The standard InChI is InChI=1S/C28H29NO4S.C8H16O2/c1-31-22-8-5-20(6-9-22)28-27(25-14-7-21(30)19-26(25)34-28)33-24-12-10-23(11-13-24)32-18-17-29-15-3-2-4-16-29;1-3-5-7(6-4-2)8(9)10/h5-14,19,30H,2-4,15-18H2,1H3;7H,3-6H2,1-2H3,(H,9,10). The van der Waals surface area contributed by atoms with Crippen LogP contribution in [0.15, 0.2) is 66.7 Å². The van der Waals surface area contributed by atoms with Crippen molar-refractivity contribution in [2.75, 3.05) is 33.4 Å². The first kappa shape index (κ1) is 33.1. The normalized spacial score (nSPS) is 13.4. The van der Waals surface area contributed by atoms with Gasteiger partial charge < -0.3 is 24.4 Å². The van der Waals surface area contributed by atoms with Crippen molar-refractivity contribution in [3.05, 3.63) is 66.7 Å². The number of ether oxygens (including phenoxy) is 3. The van der Waals surface area contributed by atoms with Crippen molar-refractivity contribution in [1.29, 1.82) is 0 Å². The lowest BCUT2D eigenvalue weighted by molar-refractivity contribution is -0.142. The monoisotopic (exact) mass is 619 g/mol. The lowest BCUT2D eigenvalue weighted by atomic mass is 9.99. The number of aliphatic carboxylic acids is 1. The van der Waals surface area contributed by atoms with Crippen LogP contribution in [-0.4, -0.2) is 54.4 Å². The SMILES string of the molecule is CCCC(CCC)C(=O)O.COc1ccc(-c2sc3cc(O)ccc3c2Oc2ccc(OCCN3CCCCC3)cc2)cc1. The molecule has 0 aliphatic carbocycles. The molecule has 8 heteroatoms. The van der Waals surface area contributed by atoms with Gasteiger partial charge in [0.1, 0.15) is 29.6 Å². The summed E-state index contributed by atoms with van der Waals surface area (Å²) in [6.07, 6.45) is 7.52. The second-order valence-electron chi connectivity index (χ2n) is 11.1. The Morgan fingerprint density at radius 2 is 1.52 bits per heavy atom. The molecular weight excluding hydrogens is 574 g/mol. The van der Waals surface area contributed by atoms with Crippen LogP contribution in [0.4, 0.5) is 0 Å². The first-order chi connectivity index (χ1) is 21.4. The quantitative estimate of drug-likeness (QED) is 0.154. The summed E-state index contributed by atoms with van der Waals surface area (Å²) in [6.45, 7) is 8.06. The number of benzene rings is 3. The van der Waals surface area contributed by atoms with Gasteiger partial charge in [-0.25, -0.2) is 0 Å². The number of likely N-dealkylation sites (tertiary alicyclic amines) is 1. The molecule has 44 heavy (non-hydrogen) atoms. The van der Waals surface area contributed by atoms with Gasteiger partial charge in [0.15, 0.2) is 5.75 Å². The molecule has 1 saturated heterocycles. The van der Waals surface area contributed by atoms with Crippen molar-refractivity contribution < 1.29 is 29.2 Å². The van der Waals surface area contributed by atoms with Crippen molar-refractivity contribution >= 4 is 27.4 Å². The number of carbonyl (C=O) groups is 1. The molecule has 2 heterocycles. The number of aromatic hydroxyl groups is 1. The number of thiophene rings is 1. The zero-order chi connectivity index (χ0) is 31.3. The Bertz CT molecular complexity index is 1440. The van der Waals surface area contributed by atoms with Crippen molar-refractivity contribution in [1.82, 2.24) is 4.90 Å². The average Bonchev–Trinajstić information content (AvgIpc) is 3.39. The lowest BCUT2D eigenvalue weighted by Gasteiger charge is -2.26. The highest BCUT2D eigenvalue weighted by Crippen LogP contribution is 2.47. The average molecular weight is 620 g/mol. The minimum atomic E-state index is -0.635. The molecule has 1 aliphatic heterocycles. The number of phenolic OH excluding ortho intramolecular Hbond substituents is 1. The van der Waals surface area contributed by atoms with E-state index in [1.807, 2.05) is 68.4 Å². The number of carboxylic acid groups (broad SMARTS) is 1. The Hall–Kier alpha value is -3.75. The highest BCUT2D eigenvalue weighted by Gasteiger charge is 2.18. The number of piperidine rings is 1. The molecule has 1 aliphatic rings. The predicted molar refractivity (Wildman–Crippen MR) is 179 cm³/mol. The Kier molecular flexibility index (Phi) is 12.8. The van der Waals surface area contributed by atoms with Crippen LogP contribution >= 0.6 is 11.3 Å². The van der Waals surface area contributed by atoms with Gasteiger partial charge in [-0.1, -0.05) is 33.1 Å². The summed E-state index contributed by atoms with van der Waals surface area (Å²) < 4.78 is 18.6. The zero-order valence-electron chi connectivity index (χ0n) is 26.1. The highest BCUT2D eigenvalue weighted by atomic mass is 32.1. The molecule has 0 radical (unpaired) electrons. The summed E-state index contributed by atoms with van der Waals surface area (Å²) in [5, 5.41) is 19.6. The van der Waals surface area contributed by atoms with Gasteiger partial charge in [0.25, 0.3) is 0 Å². The van der Waals surface area contributed by atoms with Gasteiger partial charge in [0, 0.05) is 16.6 Å². The maximum atomic E-state index is 10.5. The van der Waals surface area contributed by atoms with Crippen LogP contribution in [0.5, 0.6) is 28.7 Å². The van der Waals surface area contributed by atoms with Crippen LogP contribution in [0.3, 0.4) is 0 Å². The Morgan fingerprint density at radius 1 is 0.886 bits per heavy atom. The van der Waals surface area contributed by atoms with E-state index in [0.717, 1.165) is 75.8 Å². The van der Waals surface area contributed by atoms with E-state index >= 15 is 0 Å². The number of rotatable bonds is 13. The van der Waals surface area contributed by atoms with Crippen LogP contribution in [0.1, 0.15) is 58.8 Å². The van der Waals surface area contributed by atoms with E-state index in [0.29, 0.717) is 6.61 Å². The molecule has 0 atom stereocenters. The largest absolute Gasteiger partial charge is 0.508 e. The first-order valence-electron chi connectivity index (χ1n) is 15.7. The van der Waals surface area contributed by atoms with Gasteiger partial charge in [-0.15, -0.1) is 11.3 Å². The maximum Gasteiger partial charge on any atom is 0.306 e.